The van der Waals surface area contributed by atoms with Crippen molar-refractivity contribution >= 4 is 65.7 Å². The normalized spacial score (nSPS) is 11.8. The van der Waals surface area contributed by atoms with E-state index in [1.807, 2.05) is 36.8 Å². The van der Waals surface area contributed by atoms with Gasteiger partial charge in [0.25, 0.3) is 0 Å². The van der Waals surface area contributed by atoms with Crippen LogP contribution in [0.4, 0.5) is 0 Å². The van der Waals surface area contributed by atoms with Gasteiger partial charge in [-0.05, 0) is 101 Å². The molecule has 6 heterocycles. The van der Waals surface area contributed by atoms with Gasteiger partial charge in [0.2, 0.25) is 0 Å². The van der Waals surface area contributed by atoms with Crippen LogP contribution in [-0.2, 0) is 0 Å². The highest BCUT2D eigenvalue weighted by molar-refractivity contribution is 6.12. The summed E-state index contributed by atoms with van der Waals surface area (Å²) in [6.07, 6.45) is 5.75. The van der Waals surface area contributed by atoms with Crippen molar-refractivity contribution in [2.45, 2.75) is 0 Å². The number of nitrogens with zero attached hydrogens (tertiary/aromatic N) is 5. The SMILES string of the molecule is c1ccc(-c2cc(-c3ccccc3)nc(-n3c4ccccc4c4cc(-c5cncc(-c6ccc7c8ccccc8n(-c8ccc9oc%10cccnc%10c9c8)c7c6)c5)ccc43)c2)cc1. The second-order valence-corrected chi connectivity index (χ2v) is 16.1. The Morgan fingerprint density at radius 2 is 1.03 bits per heavy atom. The molecule has 0 amide bonds. The first kappa shape index (κ1) is 35.2. The molecule has 0 saturated carbocycles. The van der Waals surface area contributed by atoms with Crippen LogP contribution in [0.3, 0.4) is 0 Å². The van der Waals surface area contributed by atoms with Gasteiger partial charge in [-0.1, -0.05) is 115 Å². The summed E-state index contributed by atoms with van der Waals surface area (Å²) in [4.78, 5) is 14.8. The highest BCUT2D eigenvalue weighted by atomic mass is 16.3. The zero-order valence-corrected chi connectivity index (χ0v) is 33.9. The van der Waals surface area contributed by atoms with E-state index in [-0.39, 0.29) is 0 Å². The van der Waals surface area contributed by atoms with E-state index in [2.05, 4.69) is 190 Å². The minimum atomic E-state index is 0.787. The van der Waals surface area contributed by atoms with E-state index in [4.69, 9.17) is 14.4 Å². The maximum Gasteiger partial charge on any atom is 0.153 e. The number of aromatic nitrogens is 5. The Hall–Kier alpha value is -8.61. The monoisotopic (exact) mass is 805 g/mol. The summed E-state index contributed by atoms with van der Waals surface area (Å²) in [6.45, 7) is 0. The third-order valence-corrected chi connectivity index (χ3v) is 12.4. The number of hydrogen-bond acceptors (Lipinski definition) is 4. The maximum atomic E-state index is 6.15. The Morgan fingerprint density at radius 3 is 1.84 bits per heavy atom. The highest BCUT2D eigenvalue weighted by Crippen LogP contribution is 2.40. The molecule has 13 rings (SSSR count). The summed E-state index contributed by atoms with van der Waals surface area (Å²) in [5, 5.41) is 5.71. The predicted molar refractivity (Wildman–Crippen MR) is 258 cm³/mol. The molecule has 0 fully saturated rings. The summed E-state index contributed by atoms with van der Waals surface area (Å²) < 4.78 is 10.8. The molecular weight excluding hydrogens is 771 g/mol. The fraction of sp³-hybridized carbons (Fsp3) is 0. The molecule has 0 spiro atoms. The maximum absolute atomic E-state index is 6.15. The second-order valence-electron chi connectivity index (χ2n) is 16.1. The van der Waals surface area contributed by atoms with E-state index in [0.717, 1.165) is 106 Å². The van der Waals surface area contributed by atoms with Crippen molar-refractivity contribution in [3.63, 3.8) is 0 Å². The molecule has 63 heavy (non-hydrogen) atoms. The number of fused-ring (bicyclic) bond motifs is 9. The lowest BCUT2D eigenvalue weighted by atomic mass is 9.99. The average Bonchev–Trinajstić information content (AvgIpc) is 4.01. The van der Waals surface area contributed by atoms with Crippen LogP contribution in [0.15, 0.2) is 217 Å². The van der Waals surface area contributed by atoms with E-state index < -0.39 is 0 Å². The van der Waals surface area contributed by atoms with Gasteiger partial charge >= 0.3 is 0 Å². The van der Waals surface area contributed by atoms with Gasteiger partial charge in [-0.2, -0.15) is 0 Å². The number of rotatable bonds is 6. The number of hydrogen-bond donors (Lipinski definition) is 0. The molecule has 0 radical (unpaired) electrons. The van der Waals surface area contributed by atoms with E-state index >= 15 is 0 Å². The molecule has 0 N–H and O–H groups in total. The molecule has 6 nitrogen and oxygen atoms in total. The van der Waals surface area contributed by atoms with Crippen molar-refractivity contribution < 1.29 is 4.42 Å². The molecule has 294 valence electrons. The van der Waals surface area contributed by atoms with Gasteiger partial charge < -0.3 is 8.98 Å². The molecule has 0 aliphatic carbocycles. The van der Waals surface area contributed by atoms with Crippen LogP contribution >= 0.6 is 0 Å². The summed E-state index contributed by atoms with van der Waals surface area (Å²) in [6, 6.07) is 68.7. The first-order valence-corrected chi connectivity index (χ1v) is 21.2. The van der Waals surface area contributed by atoms with Gasteiger partial charge in [0.1, 0.15) is 16.9 Å². The van der Waals surface area contributed by atoms with Gasteiger partial charge in [-0.3, -0.25) is 14.5 Å². The molecule has 0 bridgehead atoms. The van der Waals surface area contributed by atoms with Crippen LogP contribution in [-0.4, -0.2) is 24.1 Å². The van der Waals surface area contributed by atoms with Gasteiger partial charge in [-0.15, -0.1) is 0 Å². The first-order valence-electron chi connectivity index (χ1n) is 21.2. The molecule has 0 saturated heterocycles. The smallest absolute Gasteiger partial charge is 0.153 e. The average molecular weight is 806 g/mol. The molecule has 0 atom stereocenters. The molecule has 0 aliphatic rings. The summed E-state index contributed by atoms with van der Waals surface area (Å²) >= 11 is 0. The number of benzene rings is 7. The van der Waals surface area contributed by atoms with E-state index in [9.17, 15) is 0 Å². The van der Waals surface area contributed by atoms with Crippen molar-refractivity contribution in [2.24, 2.45) is 0 Å². The summed E-state index contributed by atoms with van der Waals surface area (Å²) in [5.41, 5.74) is 16.6. The number of furan rings is 1. The predicted octanol–water partition coefficient (Wildman–Crippen LogP) is 14.6. The van der Waals surface area contributed by atoms with Crippen molar-refractivity contribution in [2.75, 3.05) is 0 Å². The quantitative estimate of drug-likeness (QED) is 0.168. The third kappa shape index (κ3) is 5.69. The fourth-order valence-corrected chi connectivity index (χ4v) is 9.49. The van der Waals surface area contributed by atoms with Crippen molar-refractivity contribution in [1.29, 1.82) is 0 Å². The number of pyridine rings is 3. The van der Waals surface area contributed by atoms with E-state index in [0.29, 0.717) is 0 Å². The Kier molecular flexibility index (Phi) is 7.80. The largest absolute Gasteiger partial charge is 0.454 e. The second kappa shape index (κ2) is 14.0. The van der Waals surface area contributed by atoms with Gasteiger partial charge in [0.15, 0.2) is 5.58 Å². The molecule has 0 unspecified atom stereocenters. The third-order valence-electron chi connectivity index (χ3n) is 12.4. The van der Waals surface area contributed by atoms with Crippen molar-refractivity contribution in [3.8, 4) is 56.1 Å². The zero-order valence-electron chi connectivity index (χ0n) is 33.9. The summed E-state index contributed by atoms with van der Waals surface area (Å²) in [5.74, 6) is 0.875. The lowest BCUT2D eigenvalue weighted by molar-refractivity contribution is 0.668. The Labute approximate surface area is 361 Å². The van der Waals surface area contributed by atoms with Crippen LogP contribution in [0.25, 0.3) is 122 Å². The standard InChI is InChI=1S/C57H35N5O/c1-3-12-36(13-4-1)40-30-49(37-14-5-2-6-15-37)60-56(32-40)62-51-19-10-8-17-45(51)47-29-38(22-25-52(47)62)41-28-42(35-58-34-41)39-21-24-46-44-16-7-9-18-50(44)61(53(46)31-39)43-23-26-54-48(33-43)57-55(63-54)20-11-27-59-57/h1-35H. The van der Waals surface area contributed by atoms with E-state index in [1.54, 1.807) is 0 Å². The van der Waals surface area contributed by atoms with Gasteiger partial charge in [0.05, 0.1) is 27.8 Å². The Morgan fingerprint density at radius 1 is 0.365 bits per heavy atom. The molecule has 13 aromatic rings. The zero-order chi connectivity index (χ0) is 41.4. The molecular formula is C57H35N5O. The molecule has 7 aromatic carbocycles. The van der Waals surface area contributed by atoms with Crippen LogP contribution in [0, 0.1) is 0 Å². The van der Waals surface area contributed by atoms with E-state index in [1.165, 1.54) is 16.2 Å². The fourth-order valence-electron chi connectivity index (χ4n) is 9.49. The minimum absolute atomic E-state index is 0.787. The minimum Gasteiger partial charge on any atom is -0.454 e. The topological polar surface area (TPSA) is 61.7 Å². The van der Waals surface area contributed by atoms with Crippen LogP contribution in [0.1, 0.15) is 0 Å². The van der Waals surface area contributed by atoms with Crippen LogP contribution < -0.4 is 0 Å². The molecule has 6 heteroatoms. The molecule has 6 aromatic heterocycles. The first-order chi connectivity index (χ1) is 31.2. The lowest BCUT2D eigenvalue weighted by Crippen LogP contribution is -2.00. The van der Waals surface area contributed by atoms with Gasteiger partial charge in [0, 0.05) is 67.9 Å². The summed E-state index contributed by atoms with van der Waals surface area (Å²) in [7, 11) is 0. The van der Waals surface area contributed by atoms with Crippen molar-refractivity contribution in [1.82, 2.24) is 24.1 Å². The Balaban J connectivity index is 0.937. The molecule has 0 aliphatic heterocycles. The van der Waals surface area contributed by atoms with Gasteiger partial charge in [-0.25, -0.2) is 4.98 Å². The highest BCUT2D eigenvalue weighted by Gasteiger charge is 2.19. The van der Waals surface area contributed by atoms with Crippen molar-refractivity contribution in [3.05, 3.63) is 213 Å². The van der Waals surface area contributed by atoms with Crippen LogP contribution in [0.2, 0.25) is 0 Å². The van der Waals surface area contributed by atoms with Crippen LogP contribution in [0.5, 0.6) is 0 Å². The number of para-hydroxylation sites is 2. The lowest BCUT2D eigenvalue weighted by Gasteiger charge is -2.13. The Bertz CT molecular complexity index is 3860.